The fourth-order valence-electron chi connectivity index (χ4n) is 0.818. The van der Waals surface area contributed by atoms with E-state index in [9.17, 15) is 5.11 Å². The maximum Gasteiger partial charge on any atom is 2.00 e. The Balaban J connectivity index is 0.00000121. The zero-order valence-electron chi connectivity index (χ0n) is 6.47. The average Bonchev–Trinajstić information content (AvgIpc) is 1.95. The van der Waals surface area contributed by atoms with Crippen LogP contribution in [-0.2, 0) is 17.1 Å². The molecule has 0 saturated carbocycles. The minimum absolute atomic E-state index is 0. The molecule has 1 N–H and O–H groups in total. The average molecular weight is 212 g/mol. The number of benzene rings is 1. The molecule has 0 aliphatic heterocycles. The van der Waals surface area contributed by atoms with Crippen molar-refractivity contribution >= 4 is 6.21 Å². The first-order valence-corrected chi connectivity index (χ1v) is 3.21. The molecule has 0 aliphatic carbocycles. The summed E-state index contributed by atoms with van der Waals surface area (Å²) >= 11 is 0. The summed E-state index contributed by atoms with van der Waals surface area (Å²) in [5.74, 6) is 6.44. The zero-order chi connectivity index (χ0) is 8.27. The van der Waals surface area contributed by atoms with E-state index in [1.165, 1.54) is 12.3 Å². The molecule has 0 heterocycles. The van der Waals surface area contributed by atoms with Crippen LogP contribution in [0.2, 0.25) is 0 Å². The Bertz CT molecular complexity index is 286. The molecular formula is C8H8CuN2O. The summed E-state index contributed by atoms with van der Waals surface area (Å²) < 4.78 is 0. The Morgan fingerprint density at radius 1 is 1.50 bits per heavy atom. The summed E-state index contributed by atoms with van der Waals surface area (Å²) in [4.78, 5) is 0. The van der Waals surface area contributed by atoms with Crippen LogP contribution in [0.4, 0.5) is 0 Å². The molecule has 0 amide bonds. The quantitative estimate of drug-likeness (QED) is 0.394. The van der Waals surface area contributed by atoms with Gasteiger partial charge in [-0.3, -0.25) is 0 Å². The van der Waals surface area contributed by atoms with Gasteiger partial charge in [-0.1, -0.05) is 29.5 Å². The van der Waals surface area contributed by atoms with Crippen LogP contribution >= 0.6 is 0 Å². The first kappa shape index (κ1) is 11.0. The molecule has 0 unspecified atom stereocenters. The van der Waals surface area contributed by atoms with Gasteiger partial charge in [-0.25, -0.2) is 0 Å². The molecule has 3 nitrogen and oxygen atoms in total. The van der Waals surface area contributed by atoms with Gasteiger partial charge < -0.3 is 16.1 Å². The van der Waals surface area contributed by atoms with E-state index in [1.807, 2.05) is 13.0 Å². The van der Waals surface area contributed by atoms with Gasteiger partial charge in [-0.15, -0.1) is 0 Å². The molecule has 0 saturated heterocycles. The number of hydrogen-bond donors (Lipinski definition) is 0. The van der Waals surface area contributed by atoms with Crippen molar-refractivity contribution in [2.24, 2.45) is 5.10 Å². The Kier molecular flexibility index (Phi) is 4.40. The van der Waals surface area contributed by atoms with Crippen molar-refractivity contribution in [2.45, 2.75) is 6.92 Å². The third-order valence-electron chi connectivity index (χ3n) is 1.37. The van der Waals surface area contributed by atoms with Crippen LogP contribution in [0.1, 0.15) is 11.1 Å². The number of nitrogens with one attached hydrogen (secondary N) is 1. The van der Waals surface area contributed by atoms with Crippen molar-refractivity contribution in [1.29, 1.82) is 0 Å². The SMILES string of the molecule is Cc1ccc(/C=N/[NH-])c([O-])c1.[Cu+2]. The molecule has 1 rings (SSSR count). The van der Waals surface area contributed by atoms with Crippen LogP contribution in [0.15, 0.2) is 23.3 Å². The molecule has 12 heavy (non-hydrogen) atoms. The molecular weight excluding hydrogens is 204 g/mol. The van der Waals surface area contributed by atoms with Crippen molar-refractivity contribution in [1.82, 2.24) is 0 Å². The second kappa shape index (κ2) is 4.80. The van der Waals surface area contributed by atoms with Crippen LogP contribution in [0.5, 0.6) is 5.75 Å². The molecule has 1 aromatic carbocycles. The summed E-state index contributed by atoms with van der Waals surface area (Å²) in [5, 5.41) is 14.1. The van der Waals surface area contributed by atoms with E-state index in [1.54, 1.807) is 6.07 Å². The van der Waals surface area contributed by atoms with Gasteiger partial charge in [0.2, 0.25) is 0 Å². The number of hydrogen-bond acceptors (Lipinski definition) is 2. The van der Waals surface area contributed by atoms with Crippen LogP contribution in [0.25, 0.3) is 5.84 Å². The van der Waals surface area contributed by atoms with Gasteiger partial charge in [0.25, 0.3) is 0 Å². The predicted molar refractivity (Wildman–Crippen MR) is 42.5 cm³/mol. The van der Waals surface area contributed by atoms with E-state index in [4.69, 9.17) is 5.84 Å². The molecule has 0 aliphatic rings. The summed E-state index contributed by atoms with van der Waals surface area (Å²) in [6, 6.07) is 5.01. The van der Waals surface area contributed by atoms with E-state index in [-0.39, 0.29) is 22.8 Å². The maximum atomic E-state index is 11.1. The minimum Gasteiger partial charge on any atom is -0.872 e. The van der Waals surface area contributed by atoms with E-state index in [0.717, 1.165) is 5.56 Å². The Hall–Kier alpha value is -0.991. The van der Waals surface area contributed by atoms with Gasteiger partial charge >= 0.3 is 17.1 Å². The molecule has 0 atom stereocenters. The first-order chi connectivity index (χ1) is 5.24. The number of rotatable bonds is 1. The van der Waals surface area contributed by atoms with Crippen LogP contribution < -0.4 is 5.11 Å². The molecule has 1 radical (unpaired) electrons. The van der Waals surface area contributed by atoms with Crippen molar-refractivity contribution in [3.8, 4) is 5.75 Å². The van der Waals surface area contributed by atoms with E-state index < -0.39 is 0 Å². The summed E-state index contributed by atoms with van der Waals surface area (Å²) in [5.41, 5.74) is 1.39. The van der Waals surface area contributed by atoms with Crippen molar-refractivity contribution < 1.29 is 22.2 Å². The molecule has 1 aromatic rings. The van der Waals surface area contributed by atoms with Gasteiger partial charge in [0.15, 0.2) is 0 Å². The van der Waals surface area contributed by atoms with Crippen molar-refractivity contribution in [3.05, 3.63) is 35.2 Å². The van der Waals surface area contributed by atoms with Gasteiger partial charge in [-0.2, -0.15) is 0 Å². The zero-order valence-corrected chi connectivity index (χ0v) is 7.41. The molecule has 4 heteroatoms. The normalized spacial score (nSPS) is 9.75. The van der Waals surface area contributed by atoms with Gasteiger partial charge in [0, 0.05) is 6.21 Å². The second-order valence-electron chi connectivity index (χ2n) is 2.30. The predicted octanol–water partition coefficient (Wildman–Crippen LogP) is 1.45. The van der Waals surface area contributed by atoms with E-state index in [2.05, 4.69) is 5.10 Å². The third kappa shape index (κ3) is 2.57. The third-order valence-corrected chi connectivity index (χ3v) is 1.37. The first-order valence-electron chi connectivity index (χ1n) is 3.21. The largest absolute Gasteiger partial charge is 2.00 e. The van der Waals surface area contributed by atoms with E-state index >= 15 is 0 Å². The fraction of sp³-hybridized carbons (Fsp3) is 0.125. The standard InChI is InChI=1S/C8H9N2O.Cu/c1-6-2-3-7(5-10-9)8(11)4-6;/h2-5,9H,1H3,(H,10,11);/q-1;+2/p-1. The maximum absolute atomic E-state index is 11.1. The minimum atomic E-state index is -0.0824. The number of nitrogens with zero attached hydrogens (tertiary/aromatic N) is 1. The topological polar surface area (TPSA) is 59.2 Å². The van der Waals surface area contributed by atoms with Gasteiger partial charge in [0.05, 0.1) is 0 Å². The Morgan fingerprint density at radius 3 is 2.67 bits per heavy atom. The van der Waals surface area contributed by atoms with Crippen LogP contribution in [-0.4, -0.2) is 6.21 Å². The van der Waals surface area contributed by atoms with Crippen LogP contribution in [0.3, 0.4) is 0 Å². The van der Waals surface area contributed by atoms with Crippen LogP contribution in [0, 0.1) is 6.92 Å². The molecule has 0 spiro atoms. The van der Waals surface area contributed by atoms with E-state index in [0.29, 0.717) is 5.56 Å². The summed E-state index contributed by atoms with van der Waals surface area (Å²) in [6.07, 6.45) is 1.24. The second-order valence-corrected chi connectivity index (χ2v) is 2.30. The summed E-state index contributed by atoms with van der Waals surface area (Å²) in [6.45, 7) is 1.85. The fourth-order valence-corrected chi connectivity index (χ4v) is 0.818. The number of aryl methyl sites for hydroxylation is 1. The summed E-state index contributed by atoms with van der Waals surface area (Å²) in [7, 11) is 0. The Morgan fingerprint density at radius 2 is 2.17 bits per heavy atom. The van der Waals surface area contributed by atoms with Gasteiger partial charge in [-0.05, 0) is 12.5 Å². The van der Waals surface area contributed by atoms with Crippen molar-refractivity contribution in [3.63, 3.8) is 0 Å². The Labute approximate surface area is 81.8 Å². The molecule has 0 aromatic heterocycles. The van der Waals surface area contributed by atoms with Gasteiger partial charge in [0.1, 0.15) is 0 Å². The monoisotopic (exact) mass is 211 g/mol. The smallest absolute Gasteiger partial charge is 0.872 e. The van der Waals surface area contributed by atoms with Crippen molar-refractivity contribution in [2.75, 3.05) is 0 Å². The molecule has 0 fully saturated rings. The molecule has 0 bridgehead atoms. The molecule has 67 valence electrons.